The van der Waals surface area contributed by atoms with Crippen LogP contribution in [0.1, 0.15) is 30.0 Å². The van der Waals surface area contributed by atoms with Gasteiger partial charge in [0.25, 0.3) is 5.91 Å². The van der Waals surface area contributed by atoms with Gasteiger partial charge in [0, 0.05) is 5.56 Å². The van der Waals surface area contributed by atoms with Crippen molar-refractivity contribution in [2.75, 3.05) is 7.11 Å². The highest BCUT2D eigenvalue weighted by atomic mass is 16.5. The first-order chi connectivity index (χ1) is 7.97. The fraction of sp³-hybridized carbons (Fsp3) is 0.545. The van der Waals surface area contributed by atoms with Crippen LogP contribution in [0.25, 0.3) is 0 Å². The molecule has 0 fully saturated rings. The second-order valence-corrected chi connectivity index (χ2v) is 4.06. The molecule has 1 aromatic heterocycles. The third kappa shape index (κ3) is 3.05. The van der Waals surface area contributed by atoms with Crippen LogP contribution in [0.3, 0.4) is 0 Å². The number of hydrogen-bond acceptors (Lipinski definition) is 5. The van der Waals surface area contributed by atoms with E-state index in [1.54, 1.807) is 6.92 Å². The number of esters is 1. The molecule has 1 rings (SSSR count). The quantitative estimate of drug-likeness (QED) is 0.791. The number of rotatable bonds is 4. The smallest absolute Gasteiger partial charge is 0.328 e. The van der Waals surface area contributed by atoms with Crippen LogP contribution in [0.4, 0.5) is 0 Å². The van der Waals surface area contributed by atoms with Crippen LogP contribution in [-0.2, 0) is 9.53 Å². The Labute approximate surface area is 99.3 Å². The second kappa shape index (κ2) is 5.47. The number of amides is 1. The molecule has 0 radical (unpaired) electrons. The molecule has 0 aliphatic heterocycles. The molecule has 1 aromatic rings. The van der Waals surface area contributed by atoms with Gasteiger partial charge < -0.3 is 14.6 Å². The first-order valence-corrected chi connectivity index (χ1v) is 5.27. The van der Waals surface area contributed by atoms with Crippen molar-refractivity contribution in [2.24, 2.45) is 5.92 Å². The van der Waals surface area contributed by atoms with Gasteiger partial charge in [0.05, 0.1) is 13.3 Å². The Bertz CT molecular complexity index is 411. The van der Waals surface area contributed by atoms with Crippen molar-refractivity contribution >= 4 is 11.9 Å². The summed E-state index contributed by atoms with van der Waals surface area (Å²) in [5, 5.41) is 6.07. The Balaban J connectivity index is 2.78. The average Bonchev–Trinajstić information content (AvgIpc) is 2.70. The SMILES string of the molecule is COC(=O)C(NC(=O)c1oncc1C)C(C)C. The highest BCUT2D eigenvalue weighted by Crippen LogP contribution is 2.09. The minimum Gasteiger partial charge on any atom is -0.467 e. The number of nitrogens with one attached hydrogen (secondary N) is 1. The highest BCUT2D eigenvalue weighted by Gasteiger charge is 2.27. The van der Waals surface area contributed by atoms with Crippen molar-refractivity contribution in [1.82, 2.24) is 10.5 Å². The zero-order valence-electron chi connectivity index (χ0n) is 10.3. The summed E-state index contributed by atoms with van der Waals surface area (Å²) in [6, 6.07) is -0.697. The normalized spacial score (nSPS) is 12.3. The number of hydrogen-bond donors (Lipinski definition) is 1. The molecule has 0 spiro atoms. The molecule has 0 aromatic carbocycles. The molecule has 1 N–H and O–H groups in total. The summed E-state index contributed by atoms with van der Waals surface area (Å²) in [4.78, 5) is 23.3. The van der Waals surface area contributed by atoms with Crippen molar-refractivity contribution in [3.05, 3.63) is 17.5 Å². The summed E-state index contributed by atoms with van der Waals surface area (Å²) < 4.78 is 9.43. The number of aromatic nitrogens is 1. The fourth-order valence-electron chi connectivity index (χ4n) is 1.34. The van der Waals surface area contributed by atoms with Crippen molar-refractivity contribution in [2.45, 2.75) is 26.8 Å². The Morgan fingerprint density at radius 1 is 1.47 bits per heavy atom. The minimum absolute atomic E-state index is 0.0744. The molecule has 1 amide bonds. The zero-order chi connectivity index (χ0) is 13.0. The lowest BCUT2D eigenvalue weighted by Gasteiger charge is -2.18. The predicted octanol–water partition coefficient (Wildman–Crippen LogP) is 0.910. The van der Waals surface area contributed by atoms with Gasteiger partial charge in [0.1, 0.15) is 6.04 Å². The van der Waals surface area contributed by atoms with Crippen molar-refractivity contribution in [1.29, 1.82) is 0 Å². The van der Waals surface area contributed by atoms with E-state index in [4.69, 9.17) is 4.52 Å². The largest absolute Gasteiger partial charge is 0.467 e. The molecule has 1 heterocycles. The van der Waals surface area contributed by atoms with Crippen molar-refractivity contribution in [3.63, 3.8) is 0 Å². The molecule has 0 aliphatic rings. The summed E-state index contributed by atoms with van der Waals surface area (Å²) in [5.41, 5.74) is 0.620. The molecule has 17 heavy (non-hydrogen) atoms. The van der Waals surface area contributed by atoms with E-state index in [2.05, 4.69) is 15.2 Å². The van der Waals surface area contributed by atoms with Crippen LogP contribution in [-0.4, -0.2) is 30.2 Å². The van der Waals surface area contributed by atoms with Crippen LogP contribution in [0, 0.1) is 12.8 Å². The number of carbonyl (C=O) groups excluding carboxylic acids is 2. The number of ether oxygens (including phenoxy) is 1. The van der Waals surface area contributed by atoms with E-state index in [-0.39, 0.29) is 11.7 Å². The van der Waals surface area contributed by atoms with E-state index in [1.807, 2.05) is 13.8 Å². The minimum atomic E-state index is -0.697. The summed E-state index contributed by atoms with van der Waals surface area (Å²) >= 11 is 0. The summed E-state index contributed by atoms with van der Waals surface area (Å²) in [6.45, 7) is 5.33. The number of nitrogens with zero attached hydrogens (tertiary/aromatic N) is 1. The second-order valence-electron chi connectivity index (χ2n) is 4.06. The molecule has 0 aliphatic carbocycles. The number of aryl methyl sites for hydroxylation is 1. The first-order valence-electron chi connectivity index (χ1n) is 5.27. The van der Waals surface area contributed by atoms with Gasteiger partial charge >= 0.3 is 5.97 Å². The van der Waals surface area contributed by atoms with Crippen LogP contribution in [0.5, 0.6) is 0 Å². The van der Waals surface area contributed by atoms with E-state index in [1.165, 1.54) is 13.3 Å². The summed E-state index contributed by atoms with van der Waals surface area (Å²) in [7, 11) is 1.28. The standard InChI is InChI=1S/C11H16N2O4/c1-6(2)8(11(15)16-4)13-10(14)9-7(3)5-12-17-9/h5-6,8H,1-4H3,(H,13,14). The number of methoxy groups -OCH3 is 1. The van der Waals surface area contributed by atoms with Gasteiger partial charge in [-0.1, -0.05) is 19.0 Å². The Kier molecular flexibility index (Phi) is 4.25. The maximum atomic E-state index is 11.8. The molecule has 6 nitrogen and oxygen atoms in total. The maximum Gasteiger partial charge on any atom is 0.328 e. The molecule has 1 atom stereocenters. The molecule has 1 unspecified atom stereocenters. The molecule has 0 saturated heterocycles. The van der Waals surface area contributed by atoms with Crippen molar-refractivity contribution < 1.29 is 18.8 Å². The van der Waals surface area contributed by atoms with Gasteiger partial charge in [-0.05, 0) is 12.8 Å². The van der Waals surface area contributed by atoms with Gasteiger partial charge in [-0.15, -0.1) is 0 Å². The van der Waals surface area contributed by atoms with Gasteiger partial charge in [-0.3, -0.25) is 4.79 Å². The third-order valence-corrected chi connectivity index (χ3v) is 2.36. The van der Waals surface area contributed by atoms with Gasteiger partial charge in [0.2, 0.25) is 5.76 Å². The number of carbonyl (C=O) groups is 2. The lowest BCUT2D eigenvalue weighted by atomic mass is 10.0. The molecule has 94 valence electrons. The topological polar surface area (TPSA) is 81.4 Å². The molecule has 6 heteroatoms. The van der Waals surface area contributed by atoms with E-state index < -0.39 is 17.9 Å². The summed E-state index contributed by atoms with van der Waals surface area (Å²) in [6.07, 6.45) is 1.44. The van der Waals surface area contributed by atoms with Gasteiger partial charge in [-0.25, -0.2) is 4.79 Å². The Morgan fingerprint density at radius 3 is 2.53 bits per heavy atom. The van der Waals surface area contributed by atoms with Crippen LogP contribution >= 0.6 is 0 Å². The zero-order valence-corrected chi connectivity index (χ0v) is 10.3. The third-order valence-electron chi connectivity index (χ3n) is 2.36. The van der Waals surface area contributed by atoms with Gasteiger partial charge in [0.15, 0.2) is 0 Å². The molecule has 0 bridgehead atoms. The summed E-state index contributed by atoms with van der Waals surface area (Å²) in [5.74, 6) is -0.913. The van der Waals surface area contributed by atoms with Gasteiger partial charge in [-0.2, -0.15) is 0 Å². The fourth-order valence-corrected chi connectivity index (χ4v) is 1.34. The first kappa shape index (κ1) is 13.2. The van der Waals surface area contributed by atoms with E-state index in [0.717, 1.165) is 0 Å². The molecular formula is C11H16N2O4. The van der Waals surface area contributed by atoms with Crippen LogP contribution < -0.4 is 5.32 Å². The van der Waals surface area contributed by atoms with E-state index in [9.17, 15) is 9.59 Å². The molecular weight excluding hydrogens is 224 g/mol. The average molecular weight is 240 g/mol. The Hall–Kier alpha value is -1.85. The lowest BCUT2D eigenvalue weighted by Crippen LogP contribution is -2.45. The van der Waals surface area contributed by atoms with Crippen molar-refractivity contribution in [3.8, 4) is 0 Å². The van der Waals surface area contributed by atoms with E-state index in [0.29, 0.717) is 5.56 Å². The van der Waals surface area contributed by atoms with Crippen LogP contribution in [0.15, 0.2) is 10.7 Å². The molecule has 0 saturated carbocycles. The monoisotopic (exact) mass is 240 g/mol. The highest BCUT2D eigenvalue weighted by molar-refractivity contribution is 5.95. The predicted molar refractivity (Wildman–Crippen MR) is 59.3 cm³/mol. The lowest BCUT2D eigenvalue weighted by molar-refractivity contribution is -0.144. The Morgan fingerprint density at radius 2 is 2.12 bits per heavy atom. The van der Waals surface area contributed by atoms with E-state index >= 15 is 0 Å². The maximum absolute atomic E-state index is 11.8. The van der Waals surface area contributed by atoms with Crippen LogP contribution in [0.2, 0.25) is 0 Å².